The van der Waals surface area contributed by atoms with E-state index in [2.05, 4.69) is 22.3 Å². The van der Waals surface area contributed by atoms with Crippen LogP contribution in [0.3, 0.4) is 0 Å². The normalized spacial score (nSPS) is 29.2. The Kier molecular flexibility index (Phi) is 3.97. The summed E-state index contributed by atoms with van der Waals surface area (Å²) in [6, 6.07) is 10.6. The van der Waals surface area contributed by atoms with Crippen molar-refractivity contribution < 1.29 is 9.18 Å². The highest BCUT2D eigenvalue weighted by molar-refractivity contribution is 6.04. The maximum atomic E-state index is 14.1. The fraction of sp³-hybridized carbons (Fsp3) is 0.480. The summed E-state index contributed by atoms with van der Waals surface area (Å²) in [6.07, 6.45) is 7.74. The second-order valence-corrected chi connectivity index (χ2v) is 9.44. The maximum absolute atomic E-state index is 14.1. The topological polar surface area (TPSA) is 32.3 Å². The molecular formula is C25H27FN2O. The molecule has 2 aromatic carbocycles. The van der Waals surface area contributed by atoms with Crippen LogP contribution in [0, 0.1) is 17.7 Å². The number of rotatable bonds is 2. The molecular weight excluding hydrogens is 363 g/mol. The van der Waals surface area contributed by atoms with Crippen LogP contribution in [-0.2, 0) is 0 Å². The van der Waals surface area contributed by atoms with Crippen molar-refractivity contribution in [3.05, 3.63) is 58.9 Å². The minimum atomic E-state index is -0.470. The third-order valence-corrected chi connectivity index (χ3v) is 7.89. The first-order valence-electron chi connectivity index (χ1n) is 11.2. The monoisotopic (exact) mass is 390 g/mol. The zero-order valence-corrected chi connectivity index (χ0v) is 16.7. The second kappa shape index (κ2) is 6.58. The van der Waals surface area contributed by atoms with Gasteiger partial charge in [0.1, 0.15) is 5.82 Å². The van der Waals surface area contributed by atoms with Crippen LogP contribution < -0.4 is 10.2 Å². The van der Waals surface area contributed by atoms with E-state index in [9.17, 15) is 9.18 Å². The third-order valence-electron chi connectivity index (χ3n) is 7.89. The Hall–Kier alpha value is -2.36. The van der Waals surface area contributed by atoms with Gasteiger partial charge in [-0.25, -0.2) is 4.39 Å². The molecule has 0 aromatic heterocycles. The van der Waals surface area contributed by atoms with Crippen LogP contribution in [0.4, 0.5) is 15.8 Å². The fourth-order valence-electron chi connectivity index (χ4n) is 6.68. The van der Waals surface area contributed by atoms with E-state index in [4.69, 9.17) is 0 Å². The fourth-order valence-corrected chi connectivity index (χ4v) is 6.68. The van der Waals surface area contributed by atoms with E-state index in [-0.39, 0.29) is 11.5 Å². The number of fused-ring (bicyclic) bond motifs is 4. The summed E-state index contributed by atoms with van der Waals surface area (Å²) in [7, 11) is 0. The molecule has 29 heavy (non-hydrogen) atoms. The molecule has 0 radical (unpaired) electrons. The first-order valence-corrected chi connectivity index (χ1v) is 11.2. The molecule has 4 aliphatic rings. The van der Waals surface area contributed by atoms with Gasteiger partial charge in [0, 0.05) is 24.5 Å². The summed E-state index contributed by atoms with van der Waals surface area (Å²) < 4.78 is 14.1. The molecule has 6 rings (SSSR count). The van der Waals surface area contributed by atoms with Gasteiger partial charge in [0.25, 0.3) is 5.91 Å². The number of nitrogens with one attached hydrogen (secondary N) is 1. The SMILES string of the molecule is O=C(Nc1cc2c3c(c1)[C@H]1CCC[C@H]1CN3C[C@H]1CCC[C@H]21)c1ccccc1F. The molecule has 2 aromatic rings. The molecule has 1 N–H and O–H groups in total. The minimum Gasteiger partial charge on any atom is -0.370 e. The largest absolute Gasteiger partial charge is 0.370 e. The molecule has 2 aliphatic heterocycles. The average Bonchev–Trinajstić information content (AvgIpc) is 3.37. The summed E-state index contributed by atoms with van der Waals surface area (Å²) in [6.45, 7) is 2.41. The molecule has 3 nitrogen and oxygen atoms in total. The van der Waals surface area contributed by atoms with Gasteiger partial charge in [-0.05, 0) is 84.7 Å². The minimum absolute atomic E-state index is 0.109. The number of nitrogens with zero attached hydrogens (tertiary/aromatic N) is 1. The van der Waals surface area contributed by atoms with Crippen LogP contribution >= 0.6 is 0 Å². The Balaban J connectivity index is 1.43. The van der Waals surface area contributed by atoms with Gasteiger partial charge < -0.3 is 10.2 Å². The van der Waals surface area contributed by atoms with Crippen LogP contribution in [0.1, 0.15) is 71.8 Å². The van der Waals surface area contributed by atoms with Crippen LogP contribution in [-0.4, -0.2) is 19.0 Å². The van der Waals surface area contributed by atoms with Crippen molar-refractivity contribution in [2.75, 3.05) is 23.3 Å². The van der Waals surface area contributed by atoms with Gasteiger partial charge in [0.05, 0.1) is 5.56 Å². The summed E-state index contributed by atoms with van der Waals surface area (Å²) >= 11 is 0. The maximum Gasteiger partial charge on any atom is 0.258 e. The van der Waals surface area contributed by atoms with Gasteiger partial charge >= 0.3 is 0 Å². The number of anilines is 2. The molecule has 4 atom stereocenters. The molecule has 2 saturated carbocycles. The predicted octanol–water partition coefficient (Wildman–Crippen LogP) is 5.68. The van der Waals surface area contributed by atoms with Crippen LogP contribution in [0.2, 0.25) is 0 Å². The number of hydrogen-bond donors (Lipinski definition) is 1. The zero-order valence-electron chi connectivity index (χ0n) is 16.7. The molecule has 0 unspecified atom stereocenters. The second-order valence-electron chi connectivity index (χ2n) is 9.44. The number of carbonyl (C=O) groups excluding carboxylic acids is 1. The molecule has 0 saturated heterocycles. The van der Waals surface area contributed by atoms with Gasteiger partial charge in [-0.15, -0.1) is 0 Å². The van der Waals surface area contributed by atoms with E-state index in [1.165, 1.54) is 74.5 Å². The first-order chi connectivity index (χ1) is 14.2. The van der Waals surface area contributed by atoms with E-state index < -0.39 is 5.82 Å². The van der Waals surface area contributed by atoms with Crippen LogP contribution in [0.25, 0.3) is 0 Å². The van der Waals surface area contributed by atoms with Crippen molar-refractivity contribution in [2.45, 2.75) is 50.4 Å². The number of carbonyl (C=O) groups is 1. The summed E-state index contributed by atoms with van der Waals surface area (Å²) in [4.78, 5) is 15.4. The number of halogens is 1. The Bertz CT molecular complexity index is 942. The molecule has 2 heterocycles. The van der Waals surface area contributed by atoms with Crippen molar-refractivity contribution in [3.63, 3.8) is 0 Å². The number of hydrogen-bond acceptors (Lipinski definition) is 2. The zero-order chi connectivity index (χ0) is 19.5. The summed E-state index contributed by atoms with van der Waals surface area (Å²) in [5.41, 5.74) is 5.29. The Morgan fingerprint density at radius 3 is 2.17 bits per heavy atom. The third kappa shape index (κ3) is 2.72. The number of benzene rings is 2. The van der Waals surface area contributed by atoms with E-state index in [0.717, 1.165) is 17.5 Å². The molecule has 0 spiro atoms. The van der Waals surface area contributed by atoms with Gasteiger partial charge in [0.15, 0.2) is 0 Å². The molecule has 4 heteroatoms. The van der Waals surface area contributed by atoms with E-state index in [1.54, 1.807) is 18.2 Å². The van der Waals surface area contributed by atoms with E-state index in [1.807, 2.05) is 0 Å². The van der Waals surface area contributed by atoms with Gasteiger partial charge in [-0.2, -0.15) is 0 Å². The van der Waals surface area contributed by atoms with E-state index in [0.29, 0.717) is 11.8 Å². The molecule has 150 valence electrons. The predicted molar refractivity (Wildman–Crippen MR) is 113 cm³/mol. The van der Waals surface area contributed by atoms with Crippen molar-refractivity contribution in [1.82, 2.24) is 0 Å². The van der Waals surface area contributed by atoms with Crippen LogP contribution in [0.15, 0.2) is 36.4 Å². The highest BCUT2D eigenvalue weighted by Gasteiger charge is 2.44. The van der Waals surface area contributed by atoms with Gasteiger partial charge in [-0.1, -0.05) is 25.0 Å². The molecule has 0 bridgehead atoms. The lowest BCUT2D eigenvalue weighted by molar-refractivity contribution is 0.102. The smallest absolute Gasteiger partial charge is 0.258 e. The Morgan fingerprint density at radius 2 is 1.55 bits per heavy atom. The van der Waals surface area contributed by atoms with Gasteiger partial charge in [0.2, 0.25) is 0 Å². The van der Waals surface area contributed by atoms with Crippen molar-refractivity contribution >= 4 is 17.3 Å². The Labute approximate surface area is 171 Å². The molecule has 2 fully saturated rings. The Morgan fingerprint density at radius 1 is 0.931 bits per heavy atom. The lowest BCUT2D eigenvalue weighted by Gasteiger charge is -2.46. The summed E-state index contributed by atoms with van der Waals surface area (Å²) in [5.74, 6) is 1.88. The van der Waals surface area contributed by atoms with Crippen molar-refractivity contribution in [2.24, 2.45) is 11.8 Å². The lowest BCUT2D eigenvalue weighted by atomic mass is 9.75. The highest BCUT2D eigenvalue weighted by Crippen LogP contribution is 2.56. The lowest BCUT2D eigenvalue weighted by Crippen LogP contribution is -2.43. The van der Waals surface area contributed by atoms with E-state index >= 15 is 0 Å². The van der Waals surface area contributed by atoms with Gasteiger partial charge in [-0.3, -0.25) is 4.79 Å². The summed E-state index contributed by atoms with van der Waals surface area (Å²) in [5, 5.41) is 3.03. The van der Waals surface area contributed by atoms with Crippen molar-refractivity contribution in [3.8, 4) is 0 Å². The first kappa shape index (κ1) is 17.5. The quantitative estimate of drug-likeness (QED) is 0.716. The average molecular weight is 391 g/mol. The highest BCUT2D eigenvalue weighted by atomic mass is 19.1. The standard InChI is InChI=1S/C25H27FN2O/c26-23-10-2-1-7-20(23)25(29)27-17-11-21-18-8-3-5-15(18)13-28-14-16-6-4-9-19(16)22(12-17)24(21)28/h1-2,7,10-12,15-16,18-19H,3-6,8-9,13-14H2,(H,27,29)/t15-,16+,18-,19-/m0/s1. The molecule has 1 amide bonds. The molecule has 2 aliphatic carbocycles. The number of amides is 1. The van der Waals surface area contributed by atoms with Crippen molar-refractivity contribution in [1.29, 1.82) is 0 Å². The van der Waals surface area contributed by atoms with Crippen LogP contribution in [0.5, 0.6) is 0 Å².